The number of alkyl halides is 3. The van der Waals surface area contributed by atoms with Crippen molar-refractivity contribution in [2.45, 2.75) is 31.9 Å². The van der Waals surface area contributed by atoms with Crippen molar-refractivity contribution in [2.24, 2.45) is 0 Å². The number of amides is 2. The van der Waals surface area contributed by atoms with Crippen LogP contribution in [0.4, 0.5) is 30.2 Å². The zero-order valence-corrected chi connectivity index (χ0v) is 16.6. The number of ether oxygens (including phenoxy) is 1. The third-order valence-corrected chi connectivity index (χ3v) is 4.70. The van der Waals surface area contributed by atoms with Crippen LogP contribution < -0.4 is 16.0 Å². The van der Waals surface area contributed by atoms with E-state index in [-0.39, 0.29) is 18.1 Å². The molecule has 1 aliphatic heterocycles. The van der Waals surface area contributed by atoms with Gasteiger partial charge in [0.1, 0.15) is 6.23 Å². The minimum atomic E-state index is -4.72. The number of nitrogens with one attached hydrogen (secondary N) is 3. The third-order valence-electron chi connectivity index (χ3n) is 4.70. The van der Waals surface area contributed by atoms with E-state index in [4.69, 9.17) is 11.3 Å². The molecule has 7 nitrogen and oxygen atoms in total. The minimum absolute atomic E-state index is 0.0855. The normalized spacial score (nSPS) is 20.7. The summed E-state index contributed by atoms with van der Waals surface area (Å²) < 4.78 is 45.3. The van der Waals surface area contributed by atoms with Crippen LogP contribution in [0.2, 0.25) is 0 Å². The third kappa shape index (κ3) is 5.02. The molecule has 0 bridgehead atoms. The summed E-state index contributed by atoms with van der Waals surface area (Å²) in [4.78, 5) is 26.7. The first-order valence-corrected chi connectivity index (χ1v) is 9.21. The molecule has 0 aliphatic carbocycles. The van der Waals surface area contributed by atoms with Gasteiger partial charge in [-0.2, -0.15) is 13.2 Å². The second-order valence-corrected chi connectivity index (χ2v) is 7.21. The zero-order valence-electron chi connectivity index (χ0n) is 16.6. The molecule has 0 saturated carbocycles. The van der Waals surface area contributed by atoms with E-state index >= 15 is 0 Å². The molecule has 1 fully saturated rings. The van der Waals surface area contributed by atoms with Crippen LogP contribution in [0.25, 0.3) is 4.85 Å². The maximum atomic E-state index is 13.2. The molecule has 162 valence electrons. The van der Waals surface area contributed by atoms with E-state index in [1.807, 2.05) is 0 Å². The number of hydrogen-bond donors (Lipinski definition) is 3. The largest absolute Gasteiger partial charge is 0.407 e. The minimum Gasteiger partial charge on any atom is -0.342 e. The lowest BCUT2D eigenvalue weighted by molar-refractivity contribution is -0.138. The van der Waals surface area contributed by atoms with E-state index in [2.05, 4.69) is 20.8 Å². The Hall–Kier alpha value is -3.42. The van der Waals surface area contributed by atoms with E-state index in [9.17, 15) is 22.8 Å². The summed E-state index contributed by atoms with van der Waals surface area (Å²) in [7, 11) is 0. The molecule has 0 spiro atoms. The maximum Gasteiger partial charge on any atom is 0.407 e. The molecule has 0 aromatic heterocycles. The number of anilines is 2. The number of benzene rings is 2. The van der Waals surface area contributed by atoms with E-state index in [0.717, 1.165) is 12.1 Å². The molecular weight excluding hydrogens is 413 g/mol. The van der Waals surface area contributed by atoms with Gasteiger partial charge in [-0.1, -0.05) is 18.2 Å². The first-order valence-electron chi connectivity index (χ1n) is 9.21. The molecule has 2 aromatic rings. The lowest BCUT2D eigenvalue weighted by Gasteiger charge is -2.23. The van der Waals surface area contributed by atoms with Crippen LogP contribution in [-0.4, -0.2) is 24.0 Å². The van der Waals surface area contributed by atoms with Gasteiger partial charge in [-0.3, -0.25) is 14.9 Å². The van der Waals surface area contributed by atoms with E-state index in [0.29, 0.717) is 11.3 Å². The predicted molar refractivity (Wildman–Crippen MR) is 107 cm³/mol. The molecule has 2 aromatic carbocycles. The maximum absolute atomic E-state index is 13.2. The van der Waals surface area contributed by atoms with Crippen molar-refractivity contribution in [3.05, 3.63) is 65.0 Å². The van der Waals surface area contributed by atoms with Crippen LogP contribution >= 0.6 is 0 Å². The van der Waals surface area contributed by atoms with E-state index in [1.165, 1.54) is 19.9 Å². The second kappa shape index (κ2) is 8.37. The molecule has 1 saturated heterocycles. The lowest BCUT2D eigenvalue weighted by Crippen LogP contribution is -2.43. The van der Waals surface area contributed by atoms with Gasteiger partial charge in [0.2, 0.25) is 5.91 Å². The molecule has 1 aliphatic rings. The van der Waals surface area contributed by atoms with Crippen LogP contribution in [0.3, 0.4) is 0 Å². The summed E-state index contributed by atoms with van der Waals surface area (Å²) in [6, 6.07) is 9.82. The van der Waals surface area contributed by atoms with Gasteiger partial charge in [0.15, 0.2) is 11.3 Å². The van der Waals surface area contributed by atoms with Gasteiger partial charge >= 0.3 is 6.18 Å². The average Bonchev–Trinajstić information content (AvgIpc) is 3.11. The Kier molecular flexibility index (Phi) is 6.01. The summed E-state index contributed by atoms with van der Waals surface area (Å²) in [6.45, 7) is 9.93. The van der Waals surface area contributed by atoms with Gasteiger partial charge in [0.25, 0.3) is 5.91 Å². The van der Waals surface area contributed by atoms with Crippen LogP contribution in [0.5, 0.6) is 0 Å². The van der Waals surface area contributed by atoms with Crippen LogP contribution in [-0.2, 0) is 20.5 Å². The molecule has 2 amide bonds. The number of halogens is 3. The summed E-state index contributed by atoms with van der Waals surface area (Å²) in [6.07, 6.45) is -5.33. The fourth-order valence-corrected chi connectivity index (χ4v) is 3.10. The highest BCUT2D eigenvalue weighted by Gasteiger charge is 2.43. The monoisotopic (exact) mass is 432 g/mol. The van der Waals surface area contributed by atoms with Gasteiger partial charge in [-0.05, 0) is 36.8 Å². The highest BCUT2D eigenvalue weighted by molar-refractivity contribution is 5.97. The highest BCUT2D eigenvalue weighted by Crippen LogP contribution is 2.38. The highest BCUT2D eigenvalue weighted by atomic mass is 19.4. The molecule has 0 radical (unpaired) electrons. The van der Waals surface area contributed by atoms with Gasteiger partial charge < -0.3 is 15.4 Å². The summed E-state index contributed by atoms with van der Waals surface area (Å²) in [5.41, 5.74) is -1.76. The molecule has 31 heavy (non-hydrogen) atoms. The first-order chi connectivity index (χ1) is 14.5. The fraction of sp³-hybridized carbons (Fsp3) is 0.286. The number of nitrogens with zero attached hydrogens (tertiary/aromatic N) is 1. The standard InChI is InChI=1S/C21H19F3N4O3/c1-12(29)27-14-6-4-13(5-7-14)18-26-11-20(2,31-18)19(30)28-15-8-9-17(25-3)16(10-15)21(22,23)24/h4-10,18,26H,11H2,1-2H3,(H,27,29)(H,28,30). The fourth-order valence-electron chi connectivity index (χ4n) is 3.10. The number of rotatable bonds is 4. The Morgan fingerprint density at radius 3 is 2.39 bits per heavy atom. The van der Waals surface area contributed by atoms with Crippen molar-refractivity contribution in [1.29, 1.82) is 0 Å². The lowest BCUT2D eigenvalue weighted by atomic mass is 10.1. The van der Waals surface area contributed by atoms with Crippen molar-refractivity contribution in [2.75, 3.05) is 17.2 Å². The van der Waals surface area contributed by atoms with Gasteiger partial charge in [-0.25, -0.2) is 4.85 Å². The summed E-state index contributed by atoms with van der Waals surface area (Å²) in [5, 5.41) is 8.14. The van der Waals surface area contributed by atoms with Crippen molar-refractivity contribution in [3.63, 3.8) is 0 Å². The Morgan fingerprint density at radius 2 is 1.81 bits per heavy atom. The second-order valence-electron chi connectivity index (χ2n) is 7.21. The SMILES string of the molecule is [C-]#[N+]c1ccc(NC(=O)C2(C)CNC(c3ccc(NC(C)=O)cc3)O2)cc1C(F)(F)F. The number of carbonyl (C=O) groups is 2. The average molecular weight is 432 g/mol. The van der Waals surface area contributed by atoms with Crippen LogP contribution in [0, 0.1) is 6.57 Å². The van der Waals surface area contributed by atoms with Crippen LogP contribution in [0.1, 0.15) is 31.2 Å². The van der Waals surface area contributed by atoms with Gasteiger partial charge in [0.05, 0.1) is 12.1 Å². The molecular formula is C21H19F3N4O3. The number of hydrogen-bond acceptors (Lipinski definition) is 4. The first kappa shape index (κ1) is 22.3. The van der Waals surface area contributed by atoms with Crippen molar-refractivity contribution < 1.29 is 27.5 Å². The Labute approximate surface area is 176 Å². The Bertz CT molecular complexity index is 1050. The van der Waals surface area contributed by atoms with Gasteiger partial charge in [0, 0.05) is 24.8 Å². The molecule has 2 unspecified atom stereocenters. The smallest absolute Gasteiger partial charge is 0.342 e. The van der Waals surface area contributed by atoms with Gasteiger partial charge in [-0.15, -0.1) is 0 Å². The molecule has 3 N–H and O–H groups in total. The van der Waals surface area contributed by atoms with E-state index in [1.54, 1.807) is 24.3 Å². The summed E-state index contributed by atoms with van der Waals surface area (Å²) >= 11 is 0. The zero-order chi connectivity index (χ0) is 22.8. The molecule has 3 rings (SSSR count). The van der Waals surface area contributed by atoms with Crippen LogP contribution in [0.15, 0.2) is 42.5 Å². The molecule has 10 heteroatoms. The molecule has 2 atom stereocenters. The van der Waals surface area contributed by atoms with Crippen molar-refractivity contribution >= 4 is 28.9 Å². The van der Waals surface area contributed by atoms with E-state index < -0.39 is 35.2 Å². The Morgan fingerprint density at radius 1 is 1.16 bits per heavy atom. The molecule has 1 heterocycles. The Balaban J connectivity index is 1.72. The van der Waals surface area contributed by atoms with Crippen molar-refractivity contribution in [3.8, 4) is 0 Å². The van der Waals surface area contributed by atoms with Crippen molar-refractivity contribution in [1.82, 2.24) is 5.32 Å². The number of carbonyl (C=O) groups excluding carboxylic acids is 2. The quantitative estimate of drug-likeness (QED) is 0.632. The summed E-state index contributed by atoms with van der Waals surface area (Å²) in [5.74, 6) is -0.827. The predicted octanol–water partition coefficient (Wildman–Crippen LogP) is 4.23. The topological polar surface area (TPSA) is 83.8 Å².